The molecule has 1 aliphatic heterocycles. The zero-order valence-corrected chi connectivity index (χ0v) is 23.4. The molecule has 0 saturated heterocycles. The van der Waals surface area contributed by atoms with Gasteiger partial charge in [0.05, 0.1) is 32.5 Å². The maximum atomic E-state index is 15.2. The number of halogens is 1. The lowest BCUT2D eigenvalue weighted by Gasteiger charge is -2.16. The minimum absolute atomic E-state index is 0.00603. The van der Waals surface area contributed by atoms with Crippen molar-refractivity contribution in [1.29, 1.82) is 0 Å². The van der Waals surface area contributed by atoms with Crippen molar-refractivity contribution in [2.45, 2.75) is 39.2 Å². The lowest BCUT2D eigenvalue weighted by atomic mass is 9.94. The summed E-state index contributed by atoms with van der Waals surface area (Å²) in [7, 11) is -1.71. The second-order valence-electron chi connectivity index (χ2n) is 9.81. The molecule has 1 atom stereocenters. The molecule has 0 bridgehead atoms. The van der Waals surface area contributed by atoms with Gasteiger partial charge in [0.15, 0.2) is 11.6 Å². The zero-order chi connectivity index (χ0) is 28.2. The van der Waals surface area contributed by atoms with Crippen LogP contribution in [0.15, 0.2) is 48.5 Å². The fraction of sp³-hybridized carbons (Fsp3) is 0.367. The van der Waals surface area contributed by atoms with Gasteiger partial charge in [0.2, 0.25) is 0 Å². The first-order chi connectivity index (χ1) is 18.6. The molecule has 3 aromatic rings. The van der Waals surface area contributed by atoms with Crippen LogP contribution < -0.4 is 14.2 Å². The molecule has 0 saturated carbocycles. The number of ether oxygens (including phenoxy) is 4. The van der Waals surface area contributed by atoms with Crippen LogP contribution in [0.5, 0.6) is 17.2 Å². The molecule has 1 aliphatic rings. The minimum atomic E-state index is -3.09. The normalized spacial score (nSPS) is 14.4. The van der Waals surface area contributed by atoms with Crippen LogP contribution in [0.4, 0.5) is 4.39 Å². The number of hydrogen-bond acceptors (Lipinski definition) is 7. The molecule has 3 aromatic carbocycles. The molecule has 0 N–H and O–H groups in total. The van der Waals surface area contributed by atoms with Gasteiger partial charge in [-0.25, -0.2) is 12.8 Å². The van der Waals surface area contributed by atoms with E-state index < -0.39 is 15.7 Å². The van der Waals surface area contributed by atoms with Crippen molar-refractivity contribution in [1.82, 2.24) is 0 Å². The lowest BCUT2D eigenvalue weighted by molar-refractivity contribution is -0.141. The van der Waals surface area contributed by atoms with Gasteiger partial charge in [0.25, 0.3) is 0 Å². The number of hydrogen-bond donors (Lipinski definition) is 0. The first-order valence-corrected chi connectivity index (χ1v) is 14.8. The van der Waals surface area contributed by atoms with E-state index in [9.17, 15) is 13.2 Å². The van der Waals surface area contributed by atoms with Gasteiger partial charge in [0, 0.05) is 23.8 Å². The number of carbonyl (C=O) groups is 1. The fourth-order valence-corrected chi connectivity index (χ4v) is 5.40. The summed E-state index contributed by atoms with van der Waals surface area (Å²) < 4.78 is 59.9. The summed E-state index contributed by atoms with van der Waals surface area (Å²) in [6.07, 6.45) is 1.73. The number of methoxy groups -OCH3 is 1. The summed E-state index contributed by atoms with van der Waals surface area (Å²) in [5, 5.41) is 0. The van der Waals surface area contributed by atoms with Crippen molar-refractivity contribution in [3.8, 4) is 28.4 Å². The summed E-state index contributed by atoms with van der Waals surface area (Å²) >= 11 is 0. The van der Waals surface area contributed by atoms with Crippen LogP contribution in [0.3, 0.4) is 0 Å². The van der Waals surface area contributed by atoms with E-state index in [1.54, 1.807) is 13.0 Å². The topological polar surface area (TPSA) is 88.1 Å². The molecule has 0 radical (unpaired) electrons. The van der Waals surface area contributed by atoms with Gasteiger partial charge in [-0.2, -0.15) is 0 Å². The molecule has 4 rings (SSSR count). The Balaban J connectivity index is 1.44. The van der Waals surface area contributed by atoms with E-state index >= 15 is 4.39 Å². The molecule has 7 nitrogen and oxygen atoms in total. The van der Waals surface area contributed by atoms with E-state index in [1.807, 2.05) is 49.4 Å². The van der Waals surface area contributed by atoms with Crippen molar-refractivity contribution >= 4 is 15.8 Å². The fourth-order valence-electron chi connectivity index (χ4n) is 4.76. The Hall–Kier alpha value is -3.59. The minimum Gasteiger partial charge on any atom is -0.492 e. The number of rotatable bonds is 11. The van der Waals surface area contributed by atoms with E-state index in [4.69, 9.17) is 18.9 Å². The van der Waals surface area contributed by atoms with E-state index in [0.717, 1.165) is 27.8 Å². The third-order valence-corrected chi connectivity index (χ3v) is 7.74. The second kappa shape index (κ2) is 12.1. The molecular formula is C30H33FO7S. The van der Waals surface area contributed by atoms with Gasteiger partial charge in [-0.15, -0.1) is 0 Å². The molecule has 39 heavy (non-hydrogen) atoms. The van der Waals surface area contributed by atoms with Crippen LogP contribution in [0.25, 0.3) is 11.1 Å². The highest BCUT2D eigenvalue weighted by Crippen LogP contribution is 2.39. The molecule has 0 aromatic heterocycles. The van der Waals surface area contributed by atoms with E-state index in [0.29, 0.717) is 36.7 Å². The molecule has 9 heteroatoms. The molecule has 0 aliphatic carbocycles. The highest BCUT2D eigenvalue weighted by molar-refractivity contribution is 7.90. The number of sulfone groups is 1. The van der Waals surface area contributed by atoms with Crippen molar-refractivity contribution in [3.63, 3.8) is 0 Å². The quantitative estimate of drug-likeness (QED) is 0.226. The van der Waals surface area contributed by atoms with Crippen molar-refractivity contribution in [3.05, 3.63) is 76.6 Å². The molecule has 0 unspecified atom stereocenters. The van der Waals surface area contributed by atoms with Gasteiger partial charge in [-0.3, -0.25) is 4.79 Å². The van der Waals surface area contributed by atoms with Gasteiger partial charge < -0.3 is 18.9 Å². The molecule has 0 amide bonds. The van der Waals surface area contributed by atoms with Crippen LogP contribution in [0.2, 0.25) is 0 Å². The molecule has 1 heterocycles. The largest absolute Gasteiger partial charge is 0.492 e. The number of fused-ring (bicyclic) bond motifs is 1. The molecule has 208 valence electrons. The van der Waals surface area contributed by atoms with Crippen LogP contribution >= 0.6 is 0 Å². The summed E-state index contributed by atoms with van der Waals surface area (Å²) in [5.74, 6) is 0.704. The third-order valence-electron chi connectivity index (χ3n) is 6.71. The van der Waals surface area contributed by atoms with Gasteiger partial charge in [0.1, 0.15) is 27.9 Å². The van der Waals surface area contributed by atoms with Gasteiger partial charge in [-0.1, -0.05) is 24.3 Å². The monoisotopic (exact) mass is 556 g/mol. The van der Waals surface area contributed by atoms with Crippen molar-refractivity contribution < 1.29 is 36.6 Å². The summed E-state index contributed by atoms with van der Waals surface area (Å²) in [4.78, 5) is 11.6. The lowest BCUT2D eigenvalue weighted by Crippen LogP contribution is -2.09. The number of carbonyl (C=O) groups excluding carboxylic acids is 1. The Morgan fingerprint density at radius 2 is 1.90 bits per heavy atom. The standard InChI is InChI=1S/C30H33FO7S/c1-19-13-27(36-11-6-12-39(4,33)34)30(31)20(2)29(19)22-8-5-7-21(14-22)17-37-24-9-10-25-23(15-28(32)35-3)18-38-26(25)16-24/h5,7-10,13-14,16,23H,6,11-12,15,17-18H2,1-4H3/t23-/m1/s1. The van der Waals surface area contributed by atoms with E-state index in [1.165, 1.54) is 13.4 Å². The average Bonchev–Trinajstić information content (AvgIpc) is 3.29. The highest BCUT2D eigenvalue weighted by Gasteiger charge is 2.27. The second-order valence-corrected chi connectivity index (χ2v) is 12.1. The number of esters is 1. The summed E-state index contributed by atoms with van der Waals surface area (Å²) in [6.45, 7) is 4.46. The van der Waals surface area contributed by atoms with E-state index in [2.05, 4.69) is 0 Å². The van der Waals surface area contributed by atoms with Gasteiger partial charge in [-0.05, 0) is 66.3 Å². The Bertz CT molecular complexity index is 1470. The SMILES string of the molecule is COC(=O)C[C@@H]1COc2cc(OCc3cccc(-c4c(C)cc(OCCCS(C)(=O)=O)c(F)c4C)c3)ccc21. The molecular weight excluding hydrogens is 523 g/mol. The van der Waals surface area contributed by atoms with Crippen LogP contribution in [-0.4, -0.2) is 46.7 Å². The predicted octanol–water partition coefficient (Wildman–Crippen LogP) is 5.54. The van der Waals surface area contributed by atoms with Crippen LogP contribution in [-0.2, 0) is 26.0 Å². The number of benzene rings is 3. The predicted molar refractivity (Wildman–Crippen MR) is 147 cm³/mol. The average molecular weight is 557 g/mol. The zero-order valence-electron chi connectivity index (χ0n) is 22.6. The summed E-state index contributed by atoms with van der Waals surface area (Å²) in [6, 6.07) is 15.0. The Labute approximate surface area is 228 Å². The molecule has 0 spiro atoms. The first kappa shape index (κ1) is 28.4. The van der Waals surface area contributed by atoms with Gasteiger partial charge >= 0.3 is 5.97 Å². The van der Waals surface area contributed by atoms with E-state index in [-0.39, 0.29) is 36.4 Å². The Morgan fingerprint density at radius 3 is 2.64 bits per heavy atom. The maximum Gasteiger partial charge on any atom is 0.306 e. The smallest absolute Gasteiger partial charge is 0.306 e. The van der Waals surface area contributed by atoms with Crippen molar-refractivity contribution in [2.24, 2.45) is 0 Å². The van der Waals surface area contributed by atoms with Crippen LogP contribution in [0.1, 0.15) is 41.0 Å². The Kier molecular flexibility index (Phi) is 8.80. The third kappa shape index (κ3) is 7.09. The maximum absolute atomic E-state index is 15.2. The first-order valence-electron chi connectivity index (χ1n) is 12.7. The van der Waals surface area contributed by atoms with Crippen molar-refractivity contribution in [2.75, 3.05) is 32.3 Å². The molecule has 0 fully saturated rings. The summed E-state index contributed by atoms with van der Waals surface area (Å²) in [5.41, 5.74) is 4.83. The highest BCUT2D eigenvalue weighted by atomic mass is 32.2. The number of aryl methyl sites for hydroxylation is 1. The Morgan fingerprint density at radius 1 is 1.10 bits per heavy atom. The van der Waals surface area contributed by atoms with Crippen LogP contribution in [0, 0.1) is 19.7 Å².